The van der Waals surface area contributed by atoms with Crippen molar-refractivity contribution in [2.75, 3.05) is 6.54 Å². The smallest absolute Gasteiger partial charge is 0.123 e. The summed E-state index contributed by atoms with van der Waals surface area (Å²) in [5.41, 5.74) is 1.19. The van der Waals surface area contributed by atoms with Crippen LogP contribution in [0.3, 0.4) is 0 Å². The molecule has 17 heavy (non-hydrogen) atoms. The van der Waals surface area contributed by atoms with Crippen molar-refractivity contribution in [3.05, 3.63) is 35.6 Å². The van der Waals surface area contributed by atoms with Gasteiger partial charge in [-0.25, -0.2) is 4.39 Å². The molecule has 0 aliphatic heterocycles. The largest absolute Gasteiger partial charge is 0.314 e. The van der Waals surface area contributed by atoms with E-state index in [1.165, 1.54) is 30.5 Å². The number of hydrogen-bond donors (Lipinski definition) is 1. The molecule has 0 aliphatic carbocycles. The number of halogens is 1. The van der Waals surface area contributed by atoms with Gasteiger partial charge in [-0.2, -0.15) is 0 Å². The number of nitrogens with one attached hydrogen (secondary N) is 1. The quantitative estimate of drug-likeness (QED) is 0.712. The van der Waals surface area contributed by atoms with Gasteiger partial charge in [-0.05, 0) is 56.3 Å². The average molecular weight is 237 g/mol. The van der Waals surface area contributed by atoms with Crippen molar-refractivity contribution in [3.63, 3.8) is 0 Å². The molecule has 0 fully saturated rings. The van der Waals surface area contributed by atoms with E-state index in [2.05, 4.69) is 26.1 Å². The molecule has 1 aromatic carbocycles. The molecule has 0 radical (unpaired) electrons. The molecular formula is C15H24FN. The Balaban J connectivity index is 2.20. The number of hydrogen-bond acceptors (Lipinski definition) is 1. The zero-order valence-corrected chi connectivity index (χ0v) is 11.2. The van der Waals surface area contributed by atoms with Crippen LogP contribution in [0.4, 0.5) is 4.39 Å². The third kappa shape index (κ3) is 6.42. The molecule has 0 aliphatic rings. The second kappa shape index (κ2) is 7.44. The Kier molecular flexibility index (Phi) is 6.20. The van der Waals surface area contributed by atoms with Gasteiger partial charge in [0.1, 0.15) is 5.82 Å². The lowest BCUT2D eigenvalue weighted by Gasteiger charge is -2.14. The van der Waals surface area contributed by atoms with Crippen molar-refractivity contribution < 1.29 is 4.39 Å². The predicted octanol–water partition coefficient (Wildman–Crippen LogP) is 3.78. The molecule has 1 atom stereocenters. The standard InChI is InChI=1S/C15H24FN/c1-12(2)5-4-10-17-13(3)11-14-6-8-15(16)9-7-14/h6-9,12-13,17H,4-5,10-11H2,1-3H3. The highest BCUT2D eigenvalue weighted by Crippen LogP contribution is 2.06. The summed E-state index contributed by atoms with van der Waals surface area (Å²) < 4.78 is 12.7. The molecule has 0 saturated carbocycles. The normalized spacial score (nSPS) is 13.0. The van der Waals surface area contributed by atoms with Crippen LogP contribution in [0.15, 0.2) is 24.3 Å². The van der Waals surface area contributed by atoms with Crippen LogP contribution in [0.25, 0.3) is 0 Å². The molecule has 2 heteroatoms. The minimum absolute atomic E-state index is 0.161. The zero-order chi connectivity index (χ0) is 12.7. The summed E-state index contributed by atoms with van der Waals surface area (Å²) in [5, 5.41) is 3.51. The maximum absolute atomic E-state index is 12.7. The fourth-order valence-corrected chi connectivity index (χ4v) is 1.90. The summed E-state index contributed by atoms with van der Waals surface area (Å²) in [7, 11) is 0. The Labute approximate surface area is 104 Å². The Bertz CT molecular complexity index is 305. The molecule has 1 N–H and O–H groups in total. The third-order valence-electron chi connectivity index (χ3n) is 2.91. The van der Waals surface area contributed by atoms with Crippen molar-refractivity contribution in [1.29, 1.82) is 0 Å². The van der Waals surface area contributed by atoms with E-state index in [-0.39, 0.29) is 5.82 Å². The highest BCUT2D eigenvalue weighted by atomic mass is 19.1. The average Bonchev–Trinajstić information content (AvgIpc) is 2.27. The van der Waals surface area contributed by atoms with E-state index in [0.717, 1.165) is 18.9 Å². The Morgan fingerprint density at radius 3 is 2.35 bits per heavy atom. The summed E-state index contributed by atoms with van der Waals surface area (Å²) in [6.07, 6.45) is 3.46. The SMILES string of the molecule is CC(C)CCCNC(C)Cc1ccc(F)cc1. The summed E-state index contributed by atoms with van der Waals surface area (Å²) in [4.78, 5) is 0. The lowest BCUT2D eigenvalue weighted by atomic mass is 10.1. The van der Waals surface area contributed by atoms with Crippen LogP contribution in [-0.4, -0.2) is 12.6 Å². The lowest BCUT2D eigenvalue weighted by Crippen LogP contribution is -2.29. The molecule has 0 heterocycles. The second-order valence-electron chi connectivity index (χ2n) is 5.22. The molecule has 1 aromatic rings. The predicted molar refractivity (Wildman–Crippen MR) is 71.6 cm³/mol. The highest BCUT2D eigenvalue weighted by molar-refractivity contribution is 5.16. The molecule has 0 bridgehead atoms. The van der Waals surface area contributed by atoms with E-state index >= 15 is 0 Å². The highest BCUT2D eigenvalue weighted by Gasteiger charge is 2.03. The van der Waals surface area contributed by atoms with Crippen LogP contribution < -0.4 is 5.32 Å². The number of benzene rings is 1. The maximum atomic E-state index is 12.7. The maximum Gasteiger partial charge on any atom is 0.123 e. The van der Waals surface area contributed by atoms with Gasteiger partial charge >= 0.3 is 0 Å². The molecule has 0 aromatic heterocycles. The molecule has 0 saturated heterocycles. The van der Waals surface area contributed by atoms with Gasteiger partial charge in [-0.1, -0.05) is 26.0 Å². The minimum atomic E-state index is -0.161. The topological polar surface area (TPSA) is 12.0 Å². The first-order chi connectivity index (χ1) is 8.08. The molecule has 0 amide bonds. The van der Waals surface area contributed by atoms with Crippen LogP contribution in [0.2, 0.25) is 0 Å². The van der Waals surface area contributed by atoms with Crippen molar-refractivity contribution >= 4 is 0 Å². The third-order valence-corrected chi connectivity index (χ3v) is 2.91. The molecule has 1 unspecified atom stereocenters. The molecular weight excluding hydrogens is 213 g/mol. The van der Waals surface area contributed by atoms with Crippen LogP contribution >= 0.6 is 0 Å². The van der Waals surface area contributed by atoms with E-state index in [4.69, 9.17) is 0 Å². The number of rotatable bonds is 7. The minimum Gasteiger partial charge on any atom is -0.314 e. The summed E-state index contributed by atoms with van der Waals surface area (Å²) in [6, 6.07) is 7.23. The van der Waals surface area contributed by atoms with Crippen LogP contribution in [-0.2, 0) is 6.42 Å². The second-order valence-corrected chi connectivity index (χ2v) is 5.22. The van der Waals surface area contributed by atoms with Gasteiger partial charge in [-0.3, -0.25) is 0 Å². The van der Waals surface area contributed by atoms with E-state index < -0.39 is 0 Å². The molecule has 1 rings (SSSR count). The first-order valence-corrected chi connectivity index (χ1v) is 6.55. The lowest BCUT2D eigenvalue weighted by molar-refractivity contribution is 0.487. The Morgan fingerprint density at radius 1 is 1.12 bits per heavy atom. The summed E-state index contributed by atoms with van der Waals surface area (Å²) >= 11 is 0. The van der Waals surface area contributed by atoms with Crippen molar-refractivity contribution in [1.82, 2.24) is 5.32 Å². The van der Waals surface area contributed by atoms with Crippen LogP contribution in [0.1, 0.15) is 39.2 Å². The van der Waals surface area contributed by atoms with Crippen molar-refractivity contribution in [2.24, 2.45) is 5.92 Å². The molecule has 1 nitrogen and oxygen atoms in total. The van der Waals surface area contributed by atoms with E-state index in [1.54, 1.807) is 0 Å². The fourth-order valence-electron chi connectivity index (χ4n) is 1.90. The van der Waals surface area contributed by atoms with Gasteiger partial charge in [0, 0.05) is 6.04 Å². The van der Waals surface area contributed by atoms with Gasteiger partial charge in [0.15, 0.2) is 0 Å². The Morgan fingerprint density at radius 2 is 1.76 bits per heavy atom. The zero-order valence-electron chi connectivity index (χ0n) is 11.2. The summed E-state index contributed by atoms with van der Waals surface area (Å²) in [6.45, 7) is 7.75. The van der Waals surface area contributed by atoms with Gasteiger partial charge in [0.2, 0.25) is 0 Å². The van der Waals surface area contributed by atoms with E-state index in [0.29, 0.717) is 6.04 Å². The van der Waals surface area contributed by atoms with Gasteiger partial charge in [0.25, 0.3) is 0 Å². The molecule has 96 valence electrons. The first kappa shape index (κ1) is 14.2. The van der Waals surface area contributed by atoms with E-state index in [1.807, 2.05) is 12.1 Å². The molecule has 0 spiro atoms. The monoisotopic (exact) mass is 237 g/mol. The summed E-state index contributed by atoms with van der Waals surface area (Å²) in [5.74, 6) is 0.621. The van der Waals surface area contributed by atoms with Gasteiger partial charge < -0.3 is 5.32 Å². The fraction of sp³-hybridized carbons (Fsp3) is 0.600. The van der Waals surface area contributed by atoms with Gasteiger partial charge in [0.05, 0.1) is 0 Å². The first-order valence-electron chi connectivity index (χ1n) is 6.55. The van der Waals surface area contributed by atoms with Crippen LogP contribution in [0, 0.1) is 11.7 Å². The van der Waals surface area contributed by atoms with Crippen molar-refractivity contribution in [2.45, 2.75) is 46.1 Å². The van der Waals surface area contributed by atoms with Crippen molar-refractivity contribution in [3.8, 4) is 0 Å². The van der Waals surface area contributed by atoms with E-state index in [9.17, 15) is 4.39 Å². The Hall–Kier alpha value is -0.890. The van der Waals surface area contributed by atoms with Gasteiger partial charge in [-0.15, -0.1) is 0 Å². The van der Waals surface area contributed by atoms with Crippen LogP contribution in [0.5, 0.6) is 0 Å².